The minimum Gasteiger partial charge on any atom is -0.360 e. The minimum atomic E-state index is -0.219. The number of hydrogen-bond donors (Lipinski definition) is 1. The van der Waals surface area contributed by atoms with Gasteiger partial charge in [-0.1, -0.05) is 26.0 Å². The van der Waals surface area contributed by atoms with Gasteiger partial charge in [0.25, 0.3) is 5.91 Å². The largest absolute Gasteiger partial charge is 0.360 e. The van der Waals surface area contributed by atoms with E-state index in [-0.39, 0.29) is 17.5 Å². The van der Waals surface area contributed by atoms with Crippen LogP contribution in [0.1, 0.15) is 38.2 Å². The molecule has 134 valence electrons. The number of hydrogen-bond acceptors (Lipinski definition) is 4. The fraction of sp³-hybridized carbons (Fsp3) is 0.500. The van der Waals surface area contributed by atoms with Crippen LogP contribution in [-0.2, 0) is 4.79 Å². The van der Waals surface area contributed by atoms with Crippen LogP contribution in [0.2, 0.25) is 0 Å². The molecule has 1 fully saturated rings. The van der Waals surface area contributed by atoms with Crippen molar-refractivity contribution in [2.75, 3.05) is 32.5 Å². The number of rotatable bonds is 5. The van der Waals surface area contributed by atoms with Crippen LogP contribution in [0.3, 0.4) is 0 Å². The molecule has 0 radical (unpaired) electrons. The highest BCUT2D eigenvalue weighted by Crippen LogP contribution is 2.18. The number of carbonyl (C=O) groups excluding carboxylic acids is 1. The van der Waals surface area contributed by atoms with Crippen LogP contribution >= 0.6 is 0 Å². The van der Waals surface area contributed by atoms with Gasteiger partial charge in [0.15, 0.2) is 0 Å². The summed E-state index contributed by atoms with van der Waals surface area (Å²) in [7, 11) is 3.88. The Balaban J connectivity index is 2.01. The van der Waals surface area contributed by atoms with Crippen molar-refractivity contribution >= 4 is 11.6 Å². The third-order valence-electron chi connectivity index (χ3n) is 4.87. The fourth-order valence-electron chi connectivity index (χ4n) is 3.00. The molecule has 0 aromatic heterocycles. The summed E-state index contributed by atoms with van der Waals surface area (Å²) in [5.74, 6) is 0.257. The molecule has 5 nitrogen and oxygen atoms in total. The van der Waals surface area contributed by atoms with Gasteiger partial charge < -0.3 is 15.1 Å². The summed E-state index contributed by atoms with van der Waals surface area (Å²) in [4.78, 5) is 16.6. The number of nitriles is 1. The molecule has 1 amide bonds. The predicted octanol–water partition coefficient (Wildman–Crippen LogP) is 3.18. The molecule has 0 spiro atoms. The number of anilines is 1. The van der Waals surface area contributed by atoms with Crippen molar-refractivity contribution in [2.45, 2.75) is 38.6 Å². The molecular formula is C20H28N4O. The zero-order valence-corrected chi connectivity index (χ0v) is 15.6. The Morgan fingerprint density at radius 1 is 1.32 bits per heavy atom. The minimum absolute atomic E-state index is 0.134. The zero-order chi connectivity index (χ0) is 18.4. The number of likely N-dealkylation sites (tertiary alicyclic amines) is 1. The highest BCUT2D eigenvalue weighted by Gasteiger charge is 2.25. The standard InChI is InChI=1S/C20H28N4O/c1-15(2)16-5-7-18(8-6-16)22-14-17(13-21)20(25)24(4)19-9-11-23(3)12-10-19/h5-8,14-15,19,22H,9-12H2,1-4H3/b17-14-. The first kappa shape index (κ1) is 19.0. The monoisotopic (exact) mass is 340 g/mol. The Hall–Kier alpha value is -2.32. The van der Waals surface area contributed by atoms with E-state index in [0.29, 0.717) is 5.92 Å². The molecule has 0 atom stereocenters. The molecule has 25 heavy (non-hydrogen) atoms. The molecule has 0 bridgehead atoms. The van der Waals surface area contributed by atoms with Crippen LogP contribution in [0.4, 0.5) is 5.69 Å². The third-order valence-corrected chi connectivity index (χ3v) is 4.87. The Morgan fingerprint density at radius 3 is 2.44 bits per heavy atom. The van der Waals surface area contributed by atoms with E-state index < -0.39 is 0 Å². The molecule has 1 aliphatic heterocycles. The van der Waals surface area contributed by atoms with E-state index in [0.717, 1.165) is 31.6 Å². The number of likely N-dealkylation sites (N-methyl/N-ethyl adjacent to an activating group) is 1. The Bertz CT molecular complexity index is 649. The number of nitrogens with zero attached hydrogens (tertiary/aromatic N) is 3. The zero-order valence-electron chi connectivity index (χ0n) is 15.6. The van der Waals surface area contributed by atoms with Crippen molar-refractivity contribution in [3.63, 3.8) is 0 Å². The maximum atomic E-state index is 12.6. The van der Waals surface area contributed by atoms with Crippen molar-refractivity contribution in [1.29, 1.82) is 5.26 Å². The topological polar surface area (TPSA) is 59.4 Å². The summed E-state index contributed by atoms with van der Waals surface area (Å²) in [6.45, 7) is 6.25. The highest BCUT2D eigenvalue weighted by molar-refractivity contribution is 5.97. The van der Waals surface area contributed by atoms with Crippen molar-refractivity contribution in [2.24, 2.45) is 0 Å². The first-order valence-electron chi connectivity index (χ1n) is 8.85. The van der Waals surface area contributed by atoms with Crippen LogP contribution < -0.4 is 5.32 Å². The van der Waals surface area contributed by atoms with Gasteiger partial charge in [-0.25, -0.2) is 0 Å². The summed E-state index contributed by atoms with van der Waals surface area (Å²) < 4.78 is 0. The average Bonchev–Trinajstić information content (AvgIpc) is 2.62. The molecular weight excluding hydrogens is 312 g/mol. The number of nitrogens with one attached hydrogen (secondary N) is 1. The van der Waals surface area contributed by atoms with Gasteiger partial charge in [0.05, 0.1) is 0 Å². The van der Waals surface area contributed by atoms with E-state index in [4.69, 9.17) is 0 Å². The smallest absolute Gasteiger partial charge is 0.266 e. The van der Waals surface area contributed by atoms with Gasteiger partial charge >= 0.3 is 0 Å². The lowest BCUT2D eigenvalue weighted by Crippen LogP contribution is -2.44. The number of benzene rings is 1. The van der Waals surface area contributed by atoms with Crippen molar-refractivity contribution in [3.05, 3.63) is 41.6 Å². The average molecular weight is 340 g/mol. The van der Waals surface area contributed by atoms with E-state index in [2.05, 4.69) is 43.2 Å². The van der Waals surface area contributed by atoms with Crippen molar-refractivity contribution < 1.29 is 4.79 Å². The third kappa shape index (κ3) is 5.07. The van der Waals surface area contributed by atoms with Crippen LogP contribution in [0.15, 0.2) is 36.0 Å². The molecule has 1 aliphatic rings. The SMILES string of the molecule is CC(C)c1ccc(N/C=C(/C#N)C(=O)N(C)C2CCN(C)CC2)cc1. The maximum Gasteiger partial charge on any atom is 0.266 e. The van der Waals surface area contributed by atoms with Gasteiger partial charge in [-0.15, -0.1) is 0 Å². The lowest BCUT2D eigenvalue weighted by Gasteiger charge is -2.34. The molecule has 2 rings (SSSR count). The summed E-state index contributed by atoms with van der Waals surface area (Å²) in [6.07, 6.45) is 3.40. The summed E-state index contributed by atoms with van der Waals surface area (Å²) >= 11 is 0. The molecule has 5 heteroatoms. The Labute approximate surface area is 150 Å². The van der Waals surface area contributed by atoms with E-state index >= 15 is 0 Å². The maximum absolute atomic E-state index is 12.6. The predicted molar refractivity (Wildman–Crippen MR) is 101 cm³/mol. The number of carbonyl (C=O) groups is 1. The second-order valence-electron chi connectivity index (χ2n) is 7.04. The quantitative estimate of drug-likeness (QED) is 0.661. The number of piperidine rings is 1. The molecule has 1 heterocycles. The molecule has 0 saturated carbocycles. The van der Waals surface area contributed by atoms with E-state index in [9.17, 15) is 10.1 Å². The van der Waals surface area contributed by atoms with Crippen molar-refractivity contribution in [3.8, 4) is 6.07 Å². The molecule has 0 unspecified atom stereocenters. The van der Waals surface area contributed by atoms with Crippen molar-refractivity contribution in [1.82, 2.24) is 9.80 Å². The van der Waals surface area contributed by atoms with Crippen LogP contribution in [0, 0.1) is 11.3 Å². The van der Waals surface area contributed by atoms with Gasteiger partial charge in [-0.2, -0.15) is 5.26 Å². The summed E-state index contributed by atoms with van der Waals surface area (Å²) in [5, 5.41) is 12.4. The lowest BCUT2D eigenvalue weighted by atomic mass is 10.0. The first-order chi connectivity index (χ1) is 11.9. The van der Waals surface area contributed by atoms with Crippen LogP contribution in [-0.4, -0.2) is 48.9 Å². The highest BCUT2D eigenvalue weighted by atomic mass is 16.2. The lowest BCUT2D eigenvalue weighted by molar-refractivity contribution is -0.128. The Kier molecular flexibility index (Phi) is 6.60. The molecule has 1 aromatic rings. The summed E-state index contributed by atoms with van der Waals surface area (Å²) in [5.41, 5.74) is 2.26. The van der Waals surface area contributed by atoms with E-state index in [1.807, 2.05) is 18.2 Å². The van der Waals surface area contributed by atoms with Gasteiger partial charge in [0.1, 0.15) is 11.6 Å². The van der Waals surface area contributed by atoms with Gasteiger partial charge in [-0.3, -0.25) is 4.79 Å². The van der Waals surface area contributed by atoms with Crippen LogP contribution in [0.5, 0.6) is 0 Å². The summed E-state index contributed by atoms with van der Waals surface area (Å²) in [6, 6.07) is 10.3. The van der Waals surface area contributed by atoms with E-state index in [1.165, 1.54) is 11.8 Å². The van der Waals surface area contributed by atoms with E-state index in [1.54, 1.807) is 11.9 Å². The first-order valence-corrected chi connectivity index (χ1v) is 8.85. The molecule has 0 aliphatic carbocycles. The molecule has 1 N–H and O–H groups in total. The Morgan fingerprint density at radius 2 is 1.92 bits per heavy atom. The second kappa shape index (κ2) is 8.68. The normalized spacial score (nSPS) is 16.6. The van der Waals surface area contributed by atoms with Gasteiger partial charge in [0.2, 0.25) is 0 Å². The van der Waals surface area contributed by atoms with Crippen LogP contribution in [0.25, 0.3) is 0 Å². The number of amides is 1. The second-order valence-corrected chi connectivity index (χ2v) is 7.04. The molecule has 1 aromatic carbocycles. The fourth-order valence-corrected chi connectivity index (χ4v) is 3.00. The molecule has 1 saturated heterocycles. The van der Waals surface area contributed by atoms with Gasteiger partial charge in [-0.05, 0) is 56.6 Å². The van der Waals surface area contributed by atoms with Gasteiger partial charge in [0, 0.05) is 25.0 Å².